The van der Waals surface area contributed by atoms with Crippen LogP contribution in [0.2, 0.25) is 0 Å². The molecule has 0 bridgehead atoms. The lowest BCUT2D eigenvalue weighted by molar-refractivity contribution is -0.153. The molecule has 0 aliphatic carbocycles. The molecule has 3 aromatic rings. The number of hydrogen-bond acceptors (Lipinski definition) is 10. The molecule has 0 saturated carbocycles. The first kappa shape index (κ1) is 40.8. The monoisotopic (exact) mass is 791 g/mol. The number of piperidine rings is 2. The van der Waals surface area contributed by atoms with E-state index in [0.717, 1.165) is 63.6 Å². The molecular weight excluding hydrogens is 736 g/mol. The SMILES string of the molecule is C=Cc1cc2c(N3CCC4(CC3)CN(C(=O)OC(C)(C)C)C4)nc(C3CCN(C)CC3)nc2c(OCC(F)(F)F)c1-c1c(C)ccc(NC2CCCCO2)c1C=N. The number of rotatable bonds is 9. The van der Waals surface area contributed by atoms with Crippen molar-refractivity contribution in [1.82, 2.24) is 19.8 Å². The zero-order chi connectivity index (χ0) is 40.7. The Morgan fingerprint density at radius 2 is 1.79 bits per heavy atom. The standard InChI is InChI=1S/C43H56F3N7O4/c1-7-28-22-30-36(37(56-26-43(44,45)46)35(28)34-27(2)11-12-32(31(34)23-47)48-33-10-8-9-21-55-33)49-38(29-13-17-51(6)18-14-29)50-39(30)52-19-15-42(16-20-52)24-53(25-42)40(54)57-41(3,4)5/h7,11-12,22-23,29,33,47-48H,1,8-10,13-21,24-26H2,2-6H3. The molecule has 1 spiro atoms. The molecule has 0 radical (unpaired) electrons. The predicted molar refractivity (Wildman–Crippen MR) is 218 cm³/mol. The topological polar surface area (TPSA) is 116 Å². The van der Waals surface area contributed by atoms with Crippen molar-refractivity contribution in [3.63, 3.8) is 0 Å². The number of fused-ring (bicyclic) bond motifs is 1. The highest BCUT2D eigenvalue weighted by Crippen LogP contribution is 2.48. The number of alkyl halides is 3. The van der Waals surface area contributed by atoms with E-state index >= 15 is 0 Å². The maximum absolute atomic E-state index is 14.2. The molecule has 14 heteroatoms. The van der Waals surface area contributed by atoms with Crippen LogP contribution in [0, 0.1) is 17.7 Å². The minimum atomic E-state index is -4.63. The highest BCUT2D eigenvalue weighted by Gasteiger charge is 2.48. The number of benzene rings is 2. The largest absolute Gasteiger partial charge is 0.481 e. The number of aromatic nitrogens is 2. The van der Waals surface area contributed by atoms with E-state index < -0.39 is 18.4 Å². The van der Waals surface area contributed by atoms with Crippen LogP contribution in [0.1, 0.15) is 94.1 Å². The van der Waals surface area contributed by atoms with Crippen LogP contribution >= 0.6 is 0 Å². The van der Waals surface area contributed by atoms with Gasteiger partial charge in [0.15, 0.2) is 12.4 Å². The summed E-state index contributed by atoms with van der Waals surface area (Å²) in [4.78, 5) is 29.4. The molecule has 4 saturated heterocycles. The number of anilines is 2. The molecule has 1 aromatic heterocycles. The van der Waals surface area contributed by atoms with Crippen LogP contribution in [0.3, 0.4) is 0 Å². The molecule has 57 heavy (non-hydrogen) atoms. The van der Waals surface area contributed by atoms with Crippen molar-refractivity contribution in [2.45, 2.75) is 96.6 Å². The Labute approximate surface area is 333 Å². The molecule has 2 aromatic carbocycles. The molecule has 1 atom stereocenters. The normalized spacial score (nSPS) is 20.7. The molecule has 4 fully saturated rings. The van der Waals surface area contributed by atoms with Crippen LogP contribution in [0.4, 0.5) is 29.5 Å². The van der Waals surface area contributed by atoms with Gasteiger partial charge in [-0.3, -0.25) is 0 Å². The van der Waals surface area contributed by atoms with Crippen molar-refractivity contribution >= 4 is 40.8 Å². The van der Waals surface area contributed by atoms with E-state index in [4.69, 9.17) is 29.6 Å². The van der Waals surface area contributed by atoms with Gasteiger partial charge >= 0.3 is 12.3 Å². The van der Waals surface area contributed by atoms with E-state index in [2.05, 4.69) is 28.7 Å². The van der Waals surface area contributed by atoms with E-state index in [1.807, 2.05) is 45.9 Å². The van der Waals surface area contributed by atoms with Crippen molar-refractivity contribution in [3.8, 4) is 16.9 Å². The number of aryl methyl sites for hydroxylation is 1. The van der Waals surface area contributed by atoms with Crippen molar-refractivity contribution in [2.24, 2.45) is 5.41 Å². The molecule has 1 unspecified atom stereocenters. The highest BCUT2D eigenvalue weighted by atomic mass is 19.4. The molecule has 4 aliphatic rings. The summed E-state index contributed by atoms with van der Waals surface area (Å²) >= 11 is 0. The van der Waals surface area contributed by atoms with Gasteiger partial charge in [0.05, 0.1) is 0 Å². The van der Waals surface area contributed by atoms with Gasteiger partial charge < -0.3 is 39.6 Å². The lowest BCUT2D eigenvalue weighted by atomic mass is 9.72. The van der Waals surface area contributed by atoms with E-state index in [0.29, 0.717) is 83.3 Å². The lowest BCUT2D eigenvalue weighted by Gasteiger charge is -2.53. The van der Waals surface area contributed by atoms with Crippen LogP contribution in [0.5, 0.6) is 5.75 Å². The third-order valence-corrected chi connectivity index (χ3v) is 11.8. The number of ether oxygens (including phenoxy) is 3. The van der Waals surface area contributed by atoms with E-state index in [1.54, 1.807) is 11.0 Å². The van der Waals surface area contributed by atoms with Gasteiger partial charge in [0.1, 0.15) is 29.0 Å². The maximum Gasteiger partial charge on any atom is 0.422 e. The molecule has 2 N–H and O–H groups in total. The number of amides is 1. The van der Waals surface area contributed by atoms with Crippen LogP contribution in [0.25, 0.3) is 28.1 Å². The second kappa shape index (κ2) is 16.1. The summed E-state index contributed by atoms with van der Waals surface area (Å²) in [6, 6.07) is 5.71. The van der Waals surface area contributed by atoms with Gasteiger partial charge in [-0.25, -0.2) is 14.8 Å². The number of carbonyl (C=O) groups is 1. The predicted octanol–water partition coefficient (Wildman–Crippen LogP) is 8.77. The minimum absolute atomic E-state index is 0.00436. The Hall–Kier alpha value is -4.43. The quantitative estimate of drug-likeness (QED) is 0.205. The van der Waals surface area contributed by atoms with Crippen molar-refractivity contribution in [3.05, 3.63) is 47.3 Å². The average molecular weight is 792 g/mol. The van der Waals surface area contributed by atoms with Gasteiger partial charge in [-0.1, -0.05) is 18.7 Å². The highest BCUT2D eigenvalue weighted by molar-refractivity contribution is 6.06. The summed E-state index contributed by atoms with van der Waals surface area (Å²) in [7, 11) is 2.08. The van der Waals surface area contributed by atoms with Gasteiger partial charge in [-0.15, -0.1) is 0 Å². The second-order valence-electron chi connectivity index (χ2n) is 17.3. The Morgan fingerprint density at radius 3 is 2.40 bits per heavy atom. The summed E-state index contributed by atoms with van der Waals surface area (Å²) in [5.41, 5.74) is 3.14. The second-order valence-corrected chi connectivity index (χ2v) is 17.3. The van der Waals surface area contributed by atoms with Crippen LogP contribution < -0.4 is 15.0 Å². The smallest absolute Gasteiger partial charge is 0.422 e. The third-order valence-electron chi connectivity index (χ3n) is 11.8. The maximum atomic E-state index is 14.2. The number of hydrogen-bond donors (Lipinski definition) is 2. The fraction of sp³-hybridized carbons (Fsp3) is 0.581. The number of nitrogens with zero attached hydrogens (tertiary/aromatic N) is 5. The van der Waals surface area contributed by atoms with Gasteiger partial charge in [0.2, 0.25) is 0 Å². The number of likely N-dealkylation sites (tertiary alicyclic amines) is 2. The fourth-order valence-electron chi connectivity index (χ4n) is 8.75. The Morgan fingerprint density at radius 1 is 1.07 bits per heavy atom. The third kappa shape index (κ3) is 8.86. The summed E-state index contributed by atoms with van der Waals surface area (Å²) in [6.45, 7) is 15.0. The Balaban J connectivity index is 1.35. The summed E-state index contributed by atoms with van der Waals surface area (Å²) < 4.78 is 60.0. The molecule has 308 valence electrons. The summed E-state index contributed by atoms with van der Waals surface area (Å²) in [6.07, 6.45) is 3.73. The molecule has 7 rings (SSSR count). The van der Waals surface area contributed by atoms with Crippen molar-refractivity contribution in [2.75, 3.05) is 69.7 Å². The number of nitrogens with one attached hydrogen (secondary N) is 2. The zero-order valence-corrected chi connectivity index (χ0v) is 33.9. The van der Waals surface area contributed by atoms with Gasteiger partial charge in [-0.2, -0.15) is 13.2 Å². The fourth-order valence-corrected chi connectivity index (χ4v) is 8.75. The molecule has 11 nitrogen and oxygen atoms in total. The average Bonchev–Trinajstić information content (AvgIpc) is 3.15. The van der Waals surface area contributed by atoms with E-state index in [1.165, 1.54) is 6.21 Å². The van der Waals surface area contributed by atoms with Gasteiger partial charge in [-0.05, 0) is 122 Å². The van der Waals surface area contributed by atoms with Crippen molar-refractivity contribution in [1.29, 1.82) is 5.41 Å². The first-order valence-electron chi connectivity index (χ1n) is 20.2. The van der Waals surface area contributed by atoms with Crippen molar-refractivity contribution < 1.29 is 32.2 Å². The van der Waals surface area contributed by atoms with Gasteiger partial charge in [0, 0.05) is 72.5 Å². The molecular formula is C43H56F3N7O4. The Bertz CT molecular complexity index is 1990. The van der Waals surface area contributed by atoms with E-state index in [9.17, 15) is 18.0 Å². The molecule has 5 heterocycles. The first-order valence-corrected chi connectivity index (χ1v) is 20.2. The lowest BCUT2D eigenvalue weighted by Crippen LogP contribution is -2.62. The van der Waals surface area contributed by atoms with E-state index in [-0.39, 0.29) is 29.4 Å². The summed E-state index contributed by atoms with van der Waals surface area (Å²) in [5.74, 6) is 1.26. The first-order chi connectivity index (χ1) is 27.1. The Kier molecular flexibility index (Phi) is 11.5. The molecule has 1 amide bonds. The number of carbonyl (C=O) groups excluding carboxylic acids is 1. The molecule has 4 aliphatic heterocycles. The zero-order valence-electron chi connectivity index (χ0n) is 33.9. The minimum Gasteiger partial charge on any atom is -0.481 e. The van der Waals surface area contributed by atoms with Gasteiger partial charge in [0.25, 0.3) is 0 Å². The van der Waals surface area contributed by atoms with Crippen LogP contribution in [0.15, 0.2) is 24.8 Å². The number of halogens is 3. The van der Waals surface area contributed by atoms with Crippen LogP contribution in [-0.2, 0) is 9.47 Å². The summed E-state index contributed by atoms with van der Waals surface area (Å²) in [5, 5.41) is 12.6. The van der Waals surface area contributed by atoms with Crippen LogP contribution in [-0.4, -0.2) is 110 Å².